The van der Waals surface area contributed by atoms with Crippen molar-refractivity contribution in [2.45, 2.75) is 51.5 Å². The van der Waals surface area contributed by atoms with E-state index in [2.05, 4.69) is 16.7 Å². The first-order valence-corrected chi connectivity index (χ1v) is 10.6. The van der Waals surface area contributed by atoms with Gasteiger partial charge in [-0.25, -0.2) is 0 Å². The number of hydrogen-bond donors (Lipinski definition) is 0. The fraction of sp³-hybridized carbons (Fsp3) is 0.682. The van der Waals surface area contributed by atoms with Gasteiger partial charge in [0.2, 0.25) is 0 Å². The van der Waals surface area contributed by atoms with E-state index >= 15 is 0 Å². The Labute approximate surface area is 159 Å². The van der Waals surface area contributed by atoms with Gasteiger partial charge in [-0.15, -0.1) is 0 Å². The van der Waals surface area contributed by atoms with Crippen LogP contribution in [0.5, 0.6) is 0 Å². The summed E-state index contributed by atoms with van der Waals surface area (Å²) in [5.74, 6) is 0.194. The normalized spacial score (nSPS) is 19.8. The van der Waals surface area contributed by atoms with Crippen LogP contribution in [-0.4, -0.2) is 72.5 Å². The van der Waals surface area contributed by atoms with Crippen LogP contribution in [0.2, 0.25) is 0 Å². The topological polar surface area (TPSA) is 26.8 Å². The second-order valence-corrected chi connectivity index (χ2v) is 7.83. The number of benzene rings is 1. The lowest BCUT2D eigenvalue weighted by atomic mass is 10.0. The zero-order chi connectivity index (χ0) is 18.2. The predicted molar refractivity (Wildman–Crippen MR) is 108 cm³/mol. The Hall–Kier alpha value is -1.39. The number of amides is 1. The van der Waals surface area contributed by atoms with Gasteiger partial charge in [-0.1, -0.05) is 31.5 Å². The van der Waals surface area contributed by atoms with Crippen LogP contribution in [-0.2, 0) is 0 Å². The van der Waals surface area contributed by atoms with Crippen molar-refractivity contribution >= 4 is 5.91 Å². The lowest BCUT2D eigenvalue weighted by Gasteiger charge is -2.39. The van der Waals surface area contributed by atoms with Gasteiger partial charge in [0, 0.05) is 37.8 Å². The van der Waals surface area contributed by atoms with Crippen LogP contribution in [0, 0.1) is 0 Å². The molecule has 4 nitrogen and oxygen atoms in total. The van der Waals surface area contributed by atoms with E-state index in [0.29, 0.717) is 6.04 Å². The maximum absolute atomic E-state index is 12.6. The summed E-state index contributed by atoms with van der Waals surface area (Å²) in [6.45, 7) is 10.2. The SMILES string of the molecule is CCCN(CCN1CCCCC1)C1CCN(C(=O)c2ccccc2)CC1. The van der Waals surface area contributed by atoms with Crippen molar-refractivity contribution in [3.8, 4) is 0 Å². The summed E-state index contributed by atoms with van der Waals surface area (Å²) < 4.78 is 0. The number of piperidine rings is 2. The summed E-state index contributed by atoms with van der Waals surface area (Å²) in [6, 6.07) is 10.4. The number of carbonyl (C=O) groups is 1. The van der Waals surface area contributed by atoms with Gasteiger partial charge in [-0.05, 0) is 63.9 Å². The van der Waals surface area contributed by atoms with Gasteiger partial charge in [0.1, 0.15) is 0 Å². The van der Waals surface area contributed by atoms with E-state index in [1.165, 1.54) is 58.4 Å². The third-order valence-corrected chi connectivity index (χ3v) is 5.95. The highest BCUT2D eigenvalue weighted by molar-refractivity contribution is 5.94. The van der Waals surface area contributed by atoms with Gasteiger partial charge < -0.3 is 9.80 Å². The molecule has 2 saturated heterocycles. The smallest absolute Gasteiger partial charge is 0.253 e. The molecule has 0 radical (unpaired) electrons. The molecule has 0 aromatic heterocycles. The van der Waals surface area contributed by atoms with Gasteiger partial charge in [-0.3, -0.25) is 9.69 Å². The number of rotatable bonds is 7. The molecule has 0 aliphatic carbocycles. The highest BCUT2D eigenvalue weighted by Crippen LogP contribution is 2.19. The number of likely N-dealkylation sites (tertiary alicyclic amines) is 2. The minimum Gasteiger partial charge on any atom is -0.339 e. The van der Waals surface area contributed by atoms with Crippen LogP contribution in [0.25, 0.3) is 0 Å². The van der Waals surface area contributed by atoms with E-state index in [9.17, 15) is 4.79 Å². The molecule has 144 valence electrons. The zero-order valence-corrected chi connectivity index (χ0v) is 16.4. The van der Waals surface area contributed by atoms with Crippen LogP contribution in [0.1, 0.15) is 55.8 Å². The molecule has 0 unspecified atom stereocenters. The molecule has 26 heavy (non-hydrogen) atoms. The average Bonchev–Trinajstić information content (AvgIpc) is 2.72. The molecule has 0 bridgehead atoms. The molecule has 0 atom stereocenters. The first-order chi connectivity index (χ1) is 12.8. The molecule has 2 heterocycles. The Morgan fingerprint density at radius 1 is 1.00 bits per heavy atom. The largest absolute Gasteiger partial charge is 0.339 e. The molecular weight excluding hydrogens is 322 g/mol. The van der Waals surface area contributed by atoms with Crippen molar-refractivity contribution < 1.29 is 4.79 Å². The predicted octanol–water partition coefficient (Wildman–Crippen LogP) is 3.49. The van der Waals surface area contributed by atoms with Gasteiger partial charge in [0.25, 0.3) is 5.91 Å². The molecule has 3 rings (SSSR count). The minimum absolute atomic E-state index is 0.194. The fourth-order valence-electron chi connectivity index (χ4n) is 4.41. The summed E-state index contributed by atoms with van der Waals surface area (Å²) in [7, 11) is 0. The molecule has 2 aliphatic heterocycles. The first kappa shape index (κ1) is 19.4. The van der Waals surface area contributed by atoms with E-state index < -0.39 is 0 Å². The van der Waals surface area contributed by atoms with Crippen LogP contribution in [0.4, 0.5) is 0 Å². The van der Waals surface area contributed by atoms with E-state index in [1.54, 1.807) is 0 Å². The van der Waals surface area contributed by atoms with Crippen molar-refractivity contribution in [3.05, 3.63) is 35.9 Å². The monoisotopic (exact) mass is 357 g/mol. The molecule has 0 saturated carbocycles. The second-order valence-electron chi connectivity index (χ2n) is 7.83. The van der Waals surface area contributed by atoms with Crippen LogP contribution >= 0.6 is 0 Å². The minimum atomic E-state index is 0.194. The quantitative estimate of drug-likeness (QED) is 0.747. The first-order valence-electron chi connectivity index (χ1n) is 10.6. The summed E-state index contributed by atoms with van der Waals surface area (Å²) in [5, 5.41) is 0. The Bertz CT molecular complexity index is 534. The van der Waals surface area contributed by atoms with E-state index in [0.717, 1.165) is 31.5 Å². The molecule has 4 heteroatoms. The third-order valence-electron chi connectivity index (χ3n) is 5.95. The van der Waals surface area contributed by atoms with Gasteiger partial charge in [0.05, 0.1) is 0 Å². The molecule has 1 amide bonds. The fourth-order valence-corrected chi connectivity index (χ4v) is 4.41. The number of carbonyl (C=O) groups excluding carboxylic acids is 1. The molecule has 2 aliphatic rings. The Morgan fingerprint density at radius 2 is 1.69 bits per heavy atom. The van der Waals surface area contributed by atoms with E-state index in [4.69, 9.17) is 0 Å². The van der Waals surface area contributed by atoms with Gasteiger partial charge in [0.15, 0.2) is 0 Å². The van der Waals surface area contributed by atoms with Crippen LogP contribution in [0.15, 0.2) is 30.3 Å². The molecule has 1 aromatic rings. The maximum Gasteiger partial charge on any atom is 0.253 e. The maximum atomic E-state index is 12.6. The third kappa shape index (κ3) is 5.31. The van der Waals surface area contributed by atoms with E-state index in [1.807, 2.05) is 35.2 Å². The summed E-state index contributed by atoms with van der Waals surface area (Å²) in [6.07, 6.45) is 7.57. The lowest BCUT2D eigenvalue weighted by Crippen LogP contribution is -2.49. The standard InChI is InChI=1S/C22H35N3O/c1-2-13-24(19-18-23-14-7-4-8-15-23)21-11-16-25(17-12-21)22(26)20-9-5-3-6-10-20/h3,5-6,9-10,21H,2,4,7-8,11-19H2,1H3. The van der Waals surface area contributed by atoms with Crippen molar-refractivity contribution in [3.63, 3.8) is 0 Å². The Balaban J connectivity index is 1.48. The second kappa shape index (κ2) is 10.1. The molecule has 1 aromatic carbocycles. The van der Waals surface area contributed by atoms with Crippen molar-refractivity contribution in [1.29, 1.82) is 0 Å². The Morgan fingerprint density at radius 3 is 2.35 bits per heavy atom. The summed E-state index contributed by atoms with van der Waals surface area (Å²) >= 11 is 0. The molecule has 0 N–H and O–H groups in total. The van der Waals surface area contributed by atoms with Crippen molar-refractivity contribution in [1.82, 2.24) is 14.7 Å². The lowest BCUT2D eigenvalue weighted by molar-refractivity contribution is 0.0597. The summed E-state index contributed by atoms with van der Waals surface area (Å²) in [5.41, 5.74) is 0.821. The van der Waals surface area contributed by atoms with Crippen LogP contribution < -0.4 is 0 Å². The van der Waals surface area contributed by atoms with Crippen molar-refractivity contribution in [2.24, 2.45) is 0 Å². The molecular formula is C22H35N3O. The Kier molecular flexibility index (Phi) is 7.51. The van der Waals surface area contributed by atoms with E-state index in [-0.39, 0.29) is 5.91 Å². The highest BCUT2D eigenvalue weighted by atomic mass is 16.2. The average molecular weight is 358 g/mol. The molecule has 0 spiro atoms. The summed E-state index contributed by atoms with van der Waals surface area (Å²) in [4.78, 5) is 20.0. The highest BCUT2D eigenvalue weighted by Gasteiger charge is 2.27. The zero-order valence-electron chi connectivity index (χ0n) is 16.4. The van der Waals surface area contributed by atoms with Gasteiger partial charge >= 0.3 is 0 Å². The number of hydrogen-bond acceptors (Lipinski definition) is 3. The number of nitrogens with zero attached hydrogens (tertiary/aromatic N) is 3. The van der Waals surface area contributed by atoms with Crippen molar-refractivity contribution in [2.75, 3.05) is 45.8 Å². The molecule has 2 fully saturated rings. The van der Waals surface area contributed by atoms with Gasteiger partial charge in [-0.2, -0.15) is 0 Å². The van der Waals surface area contributed by atoms with Crippen LogP contribution in [0.3, 0.4) is 0 Å².